The molecule has 0 spiro atoms. The molecule has 5 nitrogen and oxygen atoms in total. The molecule has 1 saturated heterocycles. The number of sulfone groups is 1. The molecule has 1 aliphatic heterocycles. The normalized spacial score (nSPS) is 31.8. The van der Waals surface area contributed by atoms with E-state index in [-0.39, 0.29) is 30.8 Å². The molecule has 0 aliphatic carbocycles. The van der Waals surface area contributed by atoms with Gasteiger partial charge in [0.05, 0.1) is 17.1 Å². The van der Waals surface area contributed by atoms with Gasteiger partial charge in [-0.15, -0.1) is 0 Å². The Hall–Kier alpha value is -0.620. The highest BCUT2D eigenvalue weighted by molar-refractivity contribution is 7.91. The van der Waals surface area contributed by atoms with Gasteiger partial charge in [0.25, 0.3) is 0 Å². The van der Waals surface area contributed by atoms with Crippen LogP contribution in [0.2, 0.25) is 0 Å². The molecule has 0 bridgehead atoms. The van der Waals surface area contributed by atoms with Gasteiger partial charge in [-0.3, -0.25) is 4.79 Å². The first-order valence-electron chi connectivity index (χ1n) is 3.98. The third-order valence-corrected chi connectivity index (χ3v) is 3.97. The van der Waals surface area contributed by atoms with Gasteiger partial charge in [0, 0.05) is 6.42 Å². The molecule has 0 amide bonds. The van der Waals surface area contributed by atoms with Crippen LogP contribution in [0, 0.1) is 0 Å². The van der Waals surface area contributed by atoms with Crippen LogP contribution in [0.5, 0.6) is 0 Å². The van der Waals surface area contributed by atoms with Crippen LogP contribution in [0.25, 0.3) is 0 Å². The molecule has 2 N–H and O–H groups in total. The zero-order chi connectivity index (χ0) is 10.1. The molecule has 0 aromatic heterocycles. The quantitative estimate of drug-likeness (QED) is 0.646. The summed E-state index contributed by atoms with van der Waals surface area (Å²) in [5, 5.41) is 18.0. The molecule has 1 fully saturated rings. The van der Waals surface area contributed by atoms with Crippen LogP contribution < -0.4 is 0 Å². The minimum absolute atomic E-state index is 0.0154. The molecule has 1 rings (SSSR count). The maximum absolute atomic E-state index is 11.0. The highest BCUT2D eigenvalue weighted by Crippen LogP contribution is 2.27. The molecule has 76 valence electrons. The summed E-state index contributed by atoms with van der Waals surface area (Å²) < 4.78 is 22.0. The number of aliphatic hydroxyl groups is 1. The van der Waals surface area contributed by atoms with E-state index in [9.17, 15) is 18.3 Å². The van der Waals surface area contributed by atoms with Crippen LogP contribution in [0.15, 0.2) is 0 Å². The molecule has 0 radical (unpaired) electrons. The Bertz CT molecular complexity index is 307. The average Bonchev–Trinajstić information content (AvgIpc) is 2.23. The summed E-state index contributed by atoms with van der Waals surface area (Å²) in [6, 6.07) is 0. The second kappa shape index (κ2) is 3.26. The van der Waals surface area contributed by atoms with Gasteiger partial charge in [0.15, 0.2) is 9.84 Å². The Morgan fingerprint density at radius 1 is 1.46 bits per heavy atom. The zero-order valence-corrected chi connectivity index (χ0v) is 7.88. The smallest absolute Gasteiger partial charge is 0.303 e. The molecule has 0 saturated carbocycles. The highest BCUT2D eigenvalue weighted by atomic mass is 32.2. The second-order valence-electron chi connectivity index (χ2n) is 3.46. The van der Waals surface area contributed by atoms with Gasteiger partial charge in [-0.2, -0.15) is 0 Å². The predicted octanol–water partition coefficient (Wildman–Crippen LogP) is -0.599. The first-order chi connectivity index (χ1) is 5.83. The van der Waals surface area contributed by atoms with Crippen LogP contribution in [-0.4, -0.2) is 41.7 Å². The molecule has 6 heteroatoms. The summed E-state index contributed by atoms with van der Waals surface area (Å²) in [5.41, 5.74) is -1.31. The molecular formula is C7H12O5S. The highest BCUT2D eigenvalue weighted by Gasteiger charge is 2.40. The van der Waals surface area contributed by atoms with Gasteiger partial charge >= 0.3 is 5.97 Å². The minimum Gasteiger partial charge on any atom is -0.481 e. The van der Waals surface area contributed by atoms with E-state index in [2.05, 4.69) is 0 Å². The maximum Gasteiger partial charge on any atom is 0.303 e. The van der Waals surface area contributed by atoms with E-state index in [1.54, 1.807) is 0 Å². The lowest BCUT2D eigenvalue weighted by molar-refractivity contribution is -0.138. The van der Waals surface area contributed by atoms with Gasteiger partial charge in [0.2, 0.25) is 0 Å². The molecule has 13 heavy (non-hydrogen) atoms. The number of carboxylic acid groups (broad SMARTS) is 1. The third kappa shape index (κ3) is 2.96. The van der Waals surface area contributed by atoms with E-state index in [1.807, 2.05) is 0 Å². The van der Waals surface area contributed by atoms with Crippen molar-refractivity contribution in [1.82, 2.24) is 0 Å². The van der Waals surface area contributed by atoms with Crippen molar-refractivity contribution >= 4 is 15.8 Å². The van der Waals surface area contributed by atoms with Crippen molar-refractivity contribution in [1.29, 1.82) is 0 Å². The second-order valence-corrected chi connectivity index (χ2v) is 5.64. The van der Waals surface area contributed by atoms with Gasteiger partial charge in [-0.05, 0) is 12.8 Å². The van der Waals surface area contributed by atoms with Crippen molar-refractivity contribution in [2.24, 2.45) is 0 Å². The lowest BCUT2D eigenvalue weighted by Gasteiger charge is -2.18. The summed E-state index contributed by atoms with van der Waals surface area (Å²) in [6.07, 6.45) is -0.0177. The number of hydrogen-bond donors (Lipinski definition) is 2. The average molecular weight is 208 g/mol. The summed E-state index contributed by atoms with van der Waals surface area (Å²) in [6.45, 7) is 0. The SMILES string of the molecule is O=C(O)CCC1(O)CCS(=O)(=O)C1. The summed E-state index contributed by atoms with van der Waals surface area (Å²) in [4.78, 5) is 10.2. The topological polar surface area (TPSA) is 91.7 Å². The van der Waals surface area contributed by atoms with E-state index in [4.69, 9.17) is 5.11 Å². The Kier molecular flexibility index (Phi) is 2.63. The molecular weight excluding hydrogens is 196 g/mol. The minimum atomic E-state index is -3.14. The van der Waals surface area contributed by atoms with Gasteiger partial charge < -0.3 is 10.2 Å². The zero-order valence-electron chi connectivity index (χ0n) is 7.06. The number of aliphatic carboxylic acids is 1. The van der Waals surface area contributed by atoms with Gasteiger partial charge in [0.1, 0.15) is 0 Å². The fraction of sp³-hybridized carbons (Fsp3) is 0.857. The summed E-state index contributed by atoms with van der Waals surface area (Å²) in [7, 11) is -3.14. The molecule has 1 unspecified atom stereocenters. The maximum atomic E-state index is 11.0. The number of carbonyl (C=O) groups is 1. The van der Waals surface area contributed by atoms with Crippen molar-refractivity contribution < 1.29 is 23.4 Å². The lowest BCUT2D eigenvalue weighted by Crippen LogP contribution is -2.30. The number of rotatable bonds is 3. The van der Waals surface area contributed by atoms with E-state index >= 15 is 0 Å². The number of hydrogen-bond acceptors (Lipinski definition) is 4. The van der Waals surface area contributed by atoms with Crippen molar-refractivity contribution in [3.05, 3.63) is 0 Å². The van der Waals surface area contributed by atoms with Gasteiger partial charge in [-0.25, -0.2) is 8.42 Å². The lowest BCUT2D eigenvalue weighted by atomic mass is 9.97. The molecule has 1 atom stereocenters. The first-order valence-corrected chi connectivity index (χ1v) is 5.80. The fourth-order valence-electron chi connectivity index (χ4n) is 1.44. The first kappa shape index (κ1) is 10.5. The Morgan fingerprint density at radius 3 is 2.46 bits per heavy atom. The Balaban J connectivity index is 2.55. The Morgan fingerprint density at radius 2 is 2.08 bits per heavy atom. The van der Waals surface area contributed by atoms with Gasteiger partial charge in [-0.1, -0.05) is 0 Å². The molecule has 0 aromatic rings. The van der Waals surface area contributed by atoms with E-state index < -0.39 is 21.4 Å². The standard InChI is InChI=1S/C7H12O5S/c8-6(9)1-2-7(10)3-4-13(11,12)5-7/h10H,1-5H2,(H,8,9). The molecule has 0 aromatic carbocycles. The van der Waals surface area contributed by atoms with E-state index in [1.165, 1.54) is 0 Å². The van der Waals surface area contributed by atoms with Crippen LogP contribution >= 0.6 is 0 Å². The summed E-state index contributed by atoms with van der Waals surface area (Å²) >= 11 is 0. The predicted molar refractivity (Wildman–Crippen MR) is 45.1 cm³/mol. The largest absolute Gasteiger partial charge is 0.481 e. The van der Waals surface area contributed by atoms with Crippen LogP contribution in [0.3, 0.4) is 0 Å². The van der Waals surface area contributed by atoms with Crippen molar-refractivity contribution in [2.45, 2.75) is 24.9 Å². The van der Waals surface area contributed by atoms with Crippen molar-refractivity contribution in [3.8, 4) is 0 Å². The molecule has 1 aliphatic rings. The Labute approximate surface area is 76.3 Å². The van der Waals surface area contributed by atoms with Crippen molar-refractivity contribution in [2.75, 3.05) is 11.5 Å². The van der Waals surface area contributed by atoms with Crippen molar-refractivity contribution in [3.63, 3.8) is 0 Å². The van der Waals surface area contributed by atoms with E-state index in [0.29, 0.717) is 0 Å². The van der Waals surface area contributed by atoms with Crippen LogP contribution in [-0.2, 0) is 14.6 Å². The van der Waals surface area contributed by atoms with Crippen LogP contribution in [0.1, 0.15) is 19.3 Å². The summed E-state index contributed by atoms with van der Waals surface area (Å²) in [5.74, 6) is -1.35. The fourth-order valence-corrected chi connectivity index (χ4v) is 3.38. The number of carboxylic acids is 1. The monoisotopic (exact) mass is 208 g/mol. The molecule has 1 heterocycles. The third-order valence-electron chi connectivity index (χ3n) is 2.17. The van der Waals surface area contributed by atoms with E-state index in [0.717, 1.165) is 0 Å². The van der Waals surface area contributed by atoms with Crippen LogP contribution in [0.4, 0.5) is 0 Å².